The van der Waals surface area contributed by atoms with Crippen LogP contribution in [0.15, 0.2) is 12.1 Å². The quantitative estimate of drug-likeness (QED) is 0.855. The van der Waals surface area contributed by atoms with Crippen LogP contribution >= 0.6 is 0 Å². The number of nitrogens with two attached hydrogens (primary N) is 1. The number of amides is 1. The summed E-state index contributed by atoms with van der Waals surface area (Å²) in [5.74, 6) is 1.45. The van der Waals surface area contributed by atoms with E-state index in [-0.39, 0.29) is 12.7 Å². The van der Waals surface area contributed by atoms with E-state index in [9.17, 15) is 4.79 Å². The van der Waals surface area contributed by atoms with Gasteiger partial charge < -0.3 is 24.8 Å². The van der Waals surface area contributed by atoms with Crippen molar-refractivity contribution >= 4 is 11.6 Å². The van der Waals surface area contributed by atoms with E-state index in [1.807, 2.05) is 0 Å². The van der Waals surface area contributed by atoms with E-state index >= 15 is 0 Å². The average Bonchev–Trinajstić information content (AvgIpc) is 2.93. The van der Waals surface area contributed by atoms with Crippen LogP contribution in [0, 0.1) is 5.92 Å². The predicted molar refractivity (Wildman–Crippen MR) is 77.5 cm³/mol. The third-order valence-corrected chi connectivity index (χ3v) is 3.91. The Balaban J connectivity index is 1.72. The zero-order chi connectivity index (χ0) is 14.8. The Morgan fingerprint density at radius 1 is 1.38 bits per heavy atom. The number of nitrogens with zero attached hydrogens (tertiary/aromatic N) is 1. The molecule has 1 atom stereocenters. The maximum Gasteiger partial charge on any atom is 0.255 e. The summed E-state index contributed by atoms with van der Waals surface area (Å²) in [6, 6.07) is 3.31. The molecule has 0 spiro atoms. The highest BCUT2D eigenvalue weighted by Gasteiger charge is 2.24. The molecule has 0 bridgehead atoms. The van der Waals surface area contributed by atoms with Crippen LogP contribution < -0.4 is 15.2 Å². The van der Waals surface area contributed by atoms with Crippen molar-refractivity contribution in [1.29, 1.82) is 0 Å². The highest BCUT2D eigenvalue weighted by molar-refractivity contribution is 6.00. The number of anilines is 1. The van der Waals surface area contributed by atoms with Crippen LogP contribution in [-0.4, -0.2) is 44.4 Å². The summed E-state index contributed by atoms with van der Waals surface area (Å²) in [5, 5.41) is 0. The topological polar surface area (TPSA) is 74.0 Å². The third kappa shape index (κ3) is 2.90. The standard InChI is InChI=1S/C15H20N2O4/c1-17(7-10-3-2-4-19-8-10)15(18)11-5-13-14(6-12(11)16)21-9-20-13/h5-6,10H,2-4,7-9,16H2,1H3. The molecule has 1 amide bonds. The van der Waals surface area contributed by atoms with Gasteiger partial charge in [0, 0.05) is 32.0 Å². The highest BCUT2D eigenvalue weighted by atomic mass is 16.7. The van der Waals surface area contributed by atoms with E-state index in [4.69, 9.17) is 19.9 Å². The molecule has 1 fully saturated rings. The fraction of sp³-hybridized carbons (Fsp3) is 0.533. The molecule has 1 aromatic carbocycles. The molecule has 1 saturated heterocycles. The normalized spacial score (nSPS) is 20.3. The highest BCUT2D eigenvalue weighted by Crippen LogP contribution is 2.36. The van der Waals surface area contributed by atoms with E-state index in [2.05, 4.69) is 0 Å². The molecule has 0 aliphatic carbocycles. The number of carbonyl (C=O) groups excluding carboxylic acids is 1. The van der Waals surface area contributed by atoms with Crippen LogP contribution in [0.1, 0.15) is 23.2 Å². The van der Waals surface area contributed by atoms with Gasteiger partial charge in [-0.3, -0.25) is 4.79 Å². The molecular weight excluding hydrogens is 272 g/mol. The zero-order valence-electron chi connectivity index (χ0n) is 12.1. The summed E-state index contributed by atoms with van der Waals surface area (Å²) < 4.78 is 16.0. The lowest BCUT2D eigenvalue weighted by molar-refractivity contribution is 0.0389. The molecule has 2 heterocycles. The smallest absolute Gasteiger partial charge is 0.255 e. The monoisotopic (exact) mass is 292 g/mol. The Labute approximate surface area is 123 Å². The van der Waals surface area contributed by atoms with E-state index in [0.717, 1.165) is 19.4 Å². The molecule has 1 unspecified atom stereocenters. The maximum absolute atomic E-state index is 12.5. The van der Waals surface area contributed by atoms with Crippen molar-refractivity contribution in [3.63, 3.8) is 0 Å². The summed E-state index contributed by atoms with van der Waals surface area (Å²) >= 11 is 0. The van der Waals surface area contributed by atoms with Crippen LogP contribution in [0.2, 0.25) is 0 Å². The number of fused-ring (bicyclic) bond motifs is 1. The summed E-state index contributed by atoms with van der Waals surface area (Å²) in [6.45, 7) is 2.38. The third-order valence-electron chi connectivity index (χ3n) is 3.91. The fourth-order valence-electron chi connectivity index (χ4n) is 2.77. The lowest BCUT2D eigenvalue weighted by atomic mass is 10.0. The minimum Gasteiger partial charge on any atom is -0.454 e. The molecule has 1 aromatic rings. The molecule has 6 heteroatoms. The first-order valence-electron chi connectivity index (χ1n) is 7.17. The lowest BCUT2D eigenvalue weighted by Gasteiger charge is -2.27. The van der Waals surface area contributed by atoms with Gasteiger partial charge in [0.25, 0.3) is 5.91 Å². The molecular formula is C15H20N2O4. The molecule has 0 radical (unpaired) electrons. The van der Waals surface area contributed by atoms with Gasteiger partial charge in [0.2, 0.25) is 6.79 Å². The second-order valence-electron chi connectivity index (χ2n) is 5.56. The van der Waals surface area contributed by atoms with Crippen LogP contribution in [0.25, 0.3) is 0 Å². The fourth-order valence-corrected chi connectivity index (χ4v) is 2.77. The summed E-state index contributed by atoms with van der Waals surface area (Å²) in [5.41, 5.74) is 6.83. The molecule has 0 aromatic heterocycles. The van der Waals surface area contributed by atoms with Crippen molar-refractivity contribution in [3.05, 3.63) is 17.7 Å². The number of nitrogen functional groups attached to an aromatic ring is 1. The number of rotatable bonds is 3. The van der Waals surface area contributed by atoms with Crippen LogP contribution in [0.3, 0.4) is 0 Å². The number of hydrogen-bond donors (Lipinski definition) is 1. The molecule has 2 aliphatic heterocycles. The molecule has 6 nitrogen and oxygen atoms in total. The lowest BCUT2D eigenvalue weighted by Crippen LogP contribution is -2.35. The van der Waals surface area contributed by atoms with Crippen LogP contribution in [0.4, 0.5) is 5.69 Å². The largest absolute Gasteiger partial charge is 0.454 e. The van der Waals surface area contributed by atoms with E-state index in [1.165, 1.54) is 0 Å². The van der Waals surface area contributed by atoms with Crippen molar-refractivity contribution in [3.8, 4) is 11.5 Å². The number of hydrogen-bond acceptors (Lipinski definition) is 5. The minimum atomic E-state index is -0.101. The van der Waals surface area contributed by atoms with E-state index in [1.54, 1.807) is 24.1 Å². The Morgan fingerprint density at radius 3 is 2.86 bits per heavy atom. The van der Waals surface area contributed by atoms with Gasteiger partial charge in [0.15, 0.2) is 11.5 Å². The van der Waals surface area contributed by atoms with Crippen molar-refractivity contribution in [2.45, 2.75) is 12.8 Å². The zero-order valence-corrected chi connectivity index (χ0v) is 12.1. The second kappa shape index (κ2) is 5.81. The first kappa shape index (κ1) is 14.0. The number of carbonyl (C=O) groups is 1. The van der Waals surface area contributed by atoms with Gasteiger partial charge in [-0.2, -0.15) is 0 Å². The van der Waals surface area contributed by atoms with Gasteiger partial charge in [-0.05, 0) is 24.8 Å². The second-order valence-corrected chi connectivity index (χ2v) is 5.56. The van der Waals surface area contributed by atoms with Crippen molar-refractivity contribution in [2.75, 3.05) is 39.3 Å². The summed E-state index contributed by atoms with van der Waals surface area (Å²) in [6.07, 6.45) is 2.15. The molecule has 2 N–H and O–H groups in total. The van der Waals surface area contributed by atoms with E-state index in [0.29, 0.717) is 41.8 Å². The van der Waals surface area contributed by atoms with Crippen LogP contribution in [0.5, 0.6) is 11.5 Å². The van der Waals surface area contributed by atoms with Gasteiger partial charge in [-0.1, -0.05) is 0 Å². The molecule has 114 valence electrons. The molecule has 3 rings (SSSR count). The van der Waals surface area contributed by atoms with Crippen molar-refractivity contribution in [2.24, 2.45) is 5.92 Å². The van der Waals surface area contributed by atoms with Gasteiger partial charge >= 0.3 is 0 Å². The summed E-state index contributed by atoms with van der Waals surface area (Å²) in [4.78, 5) is 14.2. The van der Waals surface area contributed by atoms with Crippen LogP contribution in [-0.2, 0) is 4.74 Å². The predicted octanol–water partition coefficient (Wildman–Crippen LogP) is 1.50. The van der Waals surface area contributed by atoms with Gasteiger partial charge in [-0.25, -0.2) is 0 Å². The molecule has 0 saturated carbocycles. The molecule has 21 heavy (non-hydrogen) atoms. The first-order valence-corrected chi connectivity index (χ1v) is 7.17. The Hall–Kier alpha value is -1.95. The Kier molecular flexibility index (Phi) is 3.88. The van der Waals surface area contributed by atoms with Crippen molar-refractivity contribution in [1.82, 2.24) is 4.90 Å². The molecule has 2 aliphatic rings. The number of benzene rings is 1. The average molecular weight is 292 g/mol. The van der Waals surface area contributed by atoms with Gasteiger partial charge in [-0.15, -0.1) is 0 Å². The summed E-state index contributed by atoms with van der Waals surface area (Å²) in [7, 11) is 1.79. The number of ether oxygens (including phenoxy) is 3. The maximum atomic E-state index is 12.5. The van der Waals surface area contributed by atoms with Crippen molar-refractivity contribution < 1.29 is 19.0 Å². The van der Waals surface area contributed by atoms with Gasteiger partial charge in [0.1, 0.15) is 0 Å². The Morgan fingerprint density at radius 2 is 2.14 bits per heavy atom. The minimum absolute atomic E-state index is 0.101. The van der Waals surface area contributed by atoms with E-state index < -0.39 is 0 Å². The Bertz CT molecular complexity index is 541. The SMILES string of the molecule is CN(CC1CCCOC1)C(=O)c1cc2c(cc1N)OCO2. The van der Waals surface area contributed by atoms with Gasteiger partial charge in [0.05, 0.1) is 12.2 Å². The first-order chi connectivity index (χ1) is 10.1.